The first-order valence-corrected chi connectivity index (χ1v) is 5.47. The van der Waals surface area contributed by atoms with Gasteiger partial charge in [-0.3, -0.25) is 14.6 Å². The van der Waals surface area contributed by atoms with Crippen molar-refractivity contribution in [2.24, 2.45) is 0 Å². The summed E-state index contributed by atoms with van der Waals surface area (Å²) in [6.45, 7) is 0.668. The summed E-state index contributed by atoms with van der Waals surface area (Å²) >= 11 is 0. The Morgan fingerprint density at radius 2 is 2.41 bits per heavy atom. The van der Waals surface area contributed by atoms with Crippen LogP contribution in [0.4, 0.5) is 5.69 Å². The van der Waals surface area contributed by atoms with Gasteiger partial charge < -0.3 is 16.4 Å². The molecule has 90 valence electrons. The van der Waals surface area contributed by atoms with Crippen LogP contribution in [0.1, 0.15) is 23.3 Å². The molecule has 1 aliphatic heterocycles. The SMILES string of the molecule is Nc1ccnc(C(=O)NC2CCCNC2=O)c1. The van der Waals surface area contributed by atoms with E-state index in [2.05, 4.69) is 15.6 Å². The molecule has 1 atom stereocenters. The lowest BCUT2D eigenvalue weighted by atomic mass is 10.1. The highest BCUT2D eigenvalue weighted by Gasteiger charge is 2.24. The minimum Gasteiger partial charge on any atom is -0.399 e. The fourth-order valence-corrected chi connectivity index (χ4v) is 1.71. The van der Waals surface area contributed by atoms with Crippen LogP contribution in [-0.4, -0.2) is 29.4 Å². The van der Waals surface area contributed by atoms with Crippen molar-refractivity contribution in [2.45, 2.75) is 18.9 Å². The number of rotatable bonds is 2. The van der Waals surface area contributed by atoms with Crippen LogP contribution in [0, 0.1) is 0 Å². The highest BCUT2D eigenvalue weighted by atomic mass is 16.2. The number of aromatic nitrogens is 1. The van der Waals surface area contributed by atoms with Crippen LogP contribution in [-0.2, 0) is 4.79 Å². The van der Waals surface area contributed by atoms with Crippen molar-refractivity contribution >= 4 is 17.5 Å². The van der Waals surface area contributed by atoms with Gasteiger partial charge in [0.15, 0.2) is 0 Å². The Kier molecular flexibility index (Phi) is 3.22. The zero-order chi connectivity index (χ0) is 12.3. The van der Waals surface area contributed by atoms with Gasteiger partial charge in [0, 0.05) is 18.4 Å². The van der Waals surface area contributed by atoms with Gasteiger partial charge in [-0.05, 0) is 25.0 Å². The zero-order valence-corrected chi connectivity index (χ0v) is 9.27. The molecule has 6 heteroatoms. The minimum absolute atomic E-state index is 0.145. The van der Waals surface area contributed by atoms with E-state index in [0.717, 1.165) is 6.42 Å². The summed E-state index contributed by atoms with van der Waals surface area (Å²) in [5.41, 5.74) is 6.25. The Balaban J connectivity index is 2.03. The first-order chi connectivity index (χ1) is 8.16. The summed E-state index contributed by atoms with van der Waals surface area (Å²) < 4.78 is 0. The van der Waals surface area contributed by atoms with Gasteiger partial charge in [0.2, 0.25) is 5.91 Å². The number of nitrogens with zero attached hydrogens (tertiary/aromatic N) is 1. The maximum absolute atomic E-state index is 11.8. The number of nitrogens with two attached hydrogens (primary N) is 1. The Morgan fingerprint density at radius 3 is 3.12 bits per heavy atom. The summed E-state index contributed by atoms with van der Waals surface area (Å²) in [6.07, 6.45) is 2.98. The Bertz CT molecular complexity index is 447. The predicted molar refractivity (Wildman–Crippen MR) is 62.1 cm³/mol. The molecule has 2 heterocycles. The van der Waals surface area contributed by atoms with Crippen LogP contribution in [0.2, 0.25) is 0 Å². The van der Waals surface area contributed by atoms with Crippen LogP contribution in [0.3, 0.4) is 0 Å². The van der Waals surface area contributed by atoms with E-state index < -0.39 is 6.04 Å². The van der Waals surface area contributed by atoms with Crippen molar-refractivity contribution in [1.29, 1.82) is 0 Å². The molecule has 1 aromatic heterocycles. The van der Waals surface area contributed by atoms with Gasteiger partial charge in [-0.2, -0.15) is 0 Å². The molecule has 1 fully saturated rings. The first-order valence-electron chi connectivity index (χ1n) is 5.47. The number of carbonyl (C=O) groups excluding carboxylic acids is 2. The summed E-state index contributed by atoms with van der Waals surface area (Å²) in [5.74, 6) is -0.521. The van der Waals surface area contributed by atoms with E-state index in [1.54, 1.807) is 6.07 Å². The molecule has 1 aliphatic rings. The number of carbonyl (C=O) groups is 2. The fraction of sp³-hybridized carbons (Fsp3) is 0.364. The van der Waals surface area contributed by atoms with Crippen LogP contribution in [0.25, 0.3) is 0 Å². The van der Waals surface area contributed by atoms with Crippen molar-refractivity contribution in [3.8, 4) is 0 Å². The van der Waals surface area contributed by atoms with E-state index >= 15 is 0 Å². The lowest BCUT2D eigenvalue weighted by Crippen LogP contribution is -2.50. The number of anilines is 1. The topological polar surface area (TPSA) is 97.1 Å². The van der Waals surface area contributed by atoms with E-state index in [1.165, 1.54) is 12.3 Å². The second kappa shape index (κ2) is 4.82. The van der Waals surface area contributed by atoms with Crippen LogP contribution >= 0.6 is 0 Å². The predicted octanol–water partition coefficient (Wildman–Crippen LogP) is -0.328. The smallest absolute Gasteiger partial charge is 0.270 e. The summed E-state index contributed by atoms with van der Waals surface area (Å²) in [4.78, 5) is 27.2. The van der Waals surface area contributed by atoms with Crippen molar-refractivity contribution in [1.82, 2.24) is 15.6 Å². The normalized spacial score (nSPS) is 19.5. The van der Waals surface area contributed by atoms with Crippen molar-refractivity contribution < 1.29 is 9.59 Å². The summed E-state index contributed by atoms with van der Waals surface area (Å²) in [5, 5.41) is 5.34. The number of nitrogens with one attached hydrogen (secondary N) is 2. The second-order valence-electron chi connectivity index (χ2n) is 3.93. The third-order valence-electron chi connectivity index (χ3n) is 2.61. The average molecular weight is 234 g/mol. The number of piperidine rings is 1. The highest BCUT2D eigenvalue weighted by molar-refractivity contribution is 5.96. The third-order valence-corrected chi connectivity index (χ3v) is 2.61. The maximum atomic E-state index is 11.8. The molecule has 0 aromatic carbocycles. The summed E-state index contributed by atoms with van der Waals surface area (Å²) in [6, 6.07) is 2.61. The number of amides is 2. The van der Waals surface area contributed by atoms with E-state index in [-0.39, 0.29) is 17.5 Å². The van der Waals surface area contributed by atoms with E-state index in [4.69, 9.17) is 5.73 Å². The largest absolute Gasteiger partial charge is 0.399 e. The van der Waals surface area contributed by atoms with Crippen molar-refractivity contribution in [2.75, 3.05) is 12.3 Å². The third kappa shape index (κ3) is 2.72. The molecule has 0 aliphatic carbocycles. The molecule has 4 N–H and O–H groups in total. The molecule has 0 saturated carbocycles. The lowest BCUT2D eigenvalue weighted by molar-refractivity contribution is -0.124. The first kappa shape index (κ1) is 11.4. The Morgan fingerprint density at radius 1 is 1.59 bits per heavy atom. The Labute approximate surface area is 98.6 Å². The zero-order valence-electron chi connectivity index (χ0n) is 9.27. The standard InChI is InChI=1S/C11H14N4O2/c12-7-3-5-13-9(6-7)11(17)15-8-2-1-4-14-10(8)16/h3,5-6,8H,1-2,4H2,(H2,12,13)(H,14,16)(H,15,17). The number of pyridine rings is 1. The number of hydrogen-bond acceptors (Lipinski definition) is 4. The lowest BCUT2D eigenvalue weighted by Gasteiger charge is -2.22. The molecule has 6 nitrogen and oxygen atoms in total. The van der Waals surface area contributed by atoms with Crippen LogP contribution in [0.5, 0.6) is 0 Å². The van der Waals surface area contributed by atoms with Gasteiger partial charge in [0.05, 0.1) is 0 Å². The maximum Gasteiger partial charge on any atom is 0.270 e. The second-order valence-corrected chi connectivity index (χ2v) is 3.93. The molecule has 17 heavy (non-hydrogen) atoms. The van der Waals surface area contributed by atoms with E-state index in [9.17, 15) is 9.59 Å². The van der Waals surface area contributed by atoms with Gasteiger partial charge in [-0.1, -0.05) is 0 Å². The van der Waals surface area contributed by atoms with Crippen molar-refractivity contribution in [3.63, 3.8) is 0 Å². The van der Waals surface area contributed by atoms with Crippen LogP contribution < -0.4 is 16.4 Å². The van der Waals surface area contributed by atoms with Gasteiger partial charge in [-0.25, -0.2) is 0 Å². The van der Waals surface area contributed by atoms with Gasteiger partial charge in [-0.15, -0.1) is 0 Å². The average Bonchev–Trinajstić information content (AvgIpc) is 2.32. The molecule has 1 unspecified atom stereocenters. The van der Waals surface area contributed by atoms with E-state index in [0.29, 0.717) is 18.7 Å². The minimum atomic E-state index is -0.473. The van der Waals surface area contributed by atoms with Gasteiger partial charge in [0.25, 0.3) is 5.91 Å². The van der Waals surface area contributed by atoms with Crippen molar-refractivity contribution in [3.05, 3.63) is 24.0 Å². The van der Waals surface area contributed by atoms with Gasteiger partial charge in [0.1, 0.15) is 11.7 Å². The number of hydrogen-bond donors (Lipinski definition) is 3. The summed E-state index contributed by atoms with van der Waals surface area (Å²) in [7, 11) is 0. The van der Waals surface area contributed by atoms with E-state index in [1.807, 2.05) is 0 Å². The van der Waals surface area contributed by atoms with Crippen LogP contribution in [0.15, 0.2) is 18.3 Å². The molecule has 1 saturated heterocycles. The monoisotopic (exact) mass is 234 g/mol. The van der Waals surface area contributed by atoms with Gasteiger partial charge >= 0.3 is 0 Å². The molecule has 2 rings (SSSR count). The molecule has 0 spiro atoms. The molecule has 0 bridgehead atoms. The number of nitrogen functional groups attached to an aromatic ring is 1. The molecule has 2 amide bonds. The molecular weight excluding hydrogens is 220 g/mol. The highest BCUT2D eigenvalue weighted by Crippen LogP contribution is 2.06. The fourth-order valence-electron chi connectivity index (χ4n) is 1.71. The molecule has 1 aromatic rings. The molecular formula is C11H14N4O2. The quantitative estimate of drug-likeness (QED) is 0.652. The molecule has 0 radical (unpaired) electrons. The Hall–Kier alpha value is -2.11.